The van der Waals surface area contributed by atoms with Crippen LogP contribution in [0.2, 0.25) is 0 Å². The molecule has 1 heterocycles. The Labute approximate surface area is 200 Å². The number of anilines is 1. The van der Waals surface area contributed by atoms with Crippen LogP contribution in [0.15, 0.2) is 57.9 Å². The Morgan fingerprint density at radius 2 is 1.79 bits per heavy atom. The smallest absolute Gasteiger partial charge is 0.255 e. The standard InChI is InChI=1S/C25H30N4O4S/c1-4-11-29(12-5-2)25(31)19-13-17-9-10-18(14-22(17)28-23(26)15-19)24(30)27-20-7-6-8-21(16-20)34(3,32)33/h6-10,13-14,16H,4-5,11-12,15H2,1-3H3,(H2,26,28)(H,27,30). The van der Waals surface area contributed by atoms with Gasteiger partial charge in [-0.2, -0.15) is 0 Å². The molecule has 0 spiro atoms. The van der Waals surface area contributed by atoms with Gasteiger partial charge in [0.25, 0.3) is 5.91 Å². The Bertz CT molecular complexity index is 1260. The average Bonchev–Trinajstić information content (AvgIpc) is 2.95. The van der Waals surface area contributed by atoms with Gasteiger partial charge >= 0.3 is 0 Å². The van der Waals surface area contributed by atoms with Crippen molar-refractivity contribution in [3.8, 4) is 0 Å². The number of carbonyl (C=O) groups is 2. The maximum atomic E-state index is 13.1. The largest absolute Gasteiger partial charge is 0.387 e. The highest BCUT2D eigenvalue weighted by atomic mass is 32.2. The predicted octanol–water partition coefficient (Wildman–Crippen LogP) is 3.77. The number of carbonyl (C=O) groups excluding carboxylic acids is 2. The number of nitrogens with zero attached hydrogens (tertiary/aromatic N) is 2. The monoisotopic (exact) mass is 482 g/mol. The SMILES string of the molecule is CCCN(CCC)C(=O)C1=Cc2ccc(C(=O)Nc3cccc(S(C)(=O)=O)c3)cc2N=C(N)C1. The lowest BCUT2D eigenvalue weighted by molar-refractivity contribution is -0.127. The molecule has 0 aromatic heterocycles. The fraction of sp³-hybridized carbons (Fsp3) is 0.320. The molecule has 0 unspecified atom stereocenters. The number of amides is 2. The number of rotatable bonds is 8. The fourth-order valence-electron chi connectivity index (χ4n) is 3.73. The third-order valence-corrected chi connectivity index (χ3v) is 6.44. The number of amidine groups is 1. The van der Waals surface area contributed by atoms with E-state index in [4.69, 9.17) is 5.73 Å². The summed E-state index contributed by atoms with van der Waals surface area (Å²) in [5.74, 6) is -0.171. The molecule has 0 fully saturated rings. The van der Waals surface area contributed by atoms with Crippen LogP contribution in [0.3, 0.4) is 0 Å². The molecule has 34 heavy (non-hydrogen) atoms. The molecule has 2 aromatic carbocycles. The van der Waals surface area contributed by atoms with Gasteiger partial charge in [0.15, 0.2) is 9.84 Å². The lowest BCUT2D eigenvalue weighted by Crippen LogP contribution is -2.34. The van der Waals surface area contributed by atoms with Crippen molar-refractivity contribution in [3.63, 3.8) is 0 Å². The van der Waals surface area contributed by atoms with E-state index in [0.29, 0.717) is 47.0 Å². The topological polar surface area (TPSA) is 122 Å². The maximum absolute atomic E-state index is 13.1. The number of benzene rings is 2. The Balaban J connectivity index is 1.88. The van der Waals surface area contributed by atoms with E-state index in [-0.39, 0.29) is 17.2 Å². The van der Waals surface area contributed by atoms with Crippen molar-refractivity contribution < 1.29 is 18.0 Å². The highest BCUT2D eigenvalue weighted by molar-refractivity contribution is 7.90. The van der Waals surface area contributed by atoms with Gasteiger partial charge in [0.2, 0.25) is 5.91 Å². The summed E-state index contributed by atoms with van der Waals surface area (Å²) in [6, 6.07) is 11.0. The van der Waals surface area contributed by atoms with Gasteiger partial charge in [-0.15, -0.1) is 0 Å². The van der Waals surface area contributed by atoms with E-state index in [0.717, 1.165) is 19.1 Å². The number of hydrogen-bond donors (Lipinski definition) is 2. The number of nitrogens with two attached hydrogens (primary N) is 1. The minimum atomic E-state index is -3.39. The molecule has 9 heteroatoms. The van der Waals surface area contributed by atoms with Crippen molar-refractivity contribution in [1.82, 2.24) is 4.90 Å². The Morgan fingerprint density at radius 1 is 1.09 bits per heavy atom. The second-order valence-corrected chi connectivity index (χ2v) is 10.3. The Kier molecular flexibility index (Phi) is 7.88. The molecule has 1 aliphatic heterocycles. The highest BCUT2D eigenvalue weighted by Crippen LogP contribution is 2.29. The van der Waals surface area contributed by atoms with Crippen LogP contribution in [0, 0.1) is 0 Å². The molecule has 0 saturated carbocycles. The summed E-state index contributed by atoms with van der Waals surface area (Å²) >= 11 is 0. The molecule has 0 atom stereocenters. The average molecular weight is 483 g/mol. The maximum Gasteiger partial charge on any atom is 0.255 e. The van der Waals surface area contributed by atoms with Crippen molar-refractivity contribution in [2.75, 3.05) is 24.7 Å². The van der Waals surface area contributed by atoms with E-state index in [1.165, 1.54) is 12.1 Å². The van der Waals surface area contributed by atoms with E-state index in [1.54, 1.807) is 36.4 Å². The number of hydrogen-bond acceptors (Lipinski definition) is 6. The molecule has 2 amide bonds. The zero-order chi connectivity index (χ0) is 24.9. The van der Waals surface area contributed by atoms with Crippen LogP contribution in [0.4, 0.5) is 11.4 Å². The van der Waals surface area contributed by atoms with Crippen molar-refractivity contribution in [3.05, 3.63) is 59.2 Å². The lowest BCUT2D eigenvalue weighted by Gasteiger charge is -2.22. The van der Waals surface area contributed by atoms with Crippen molar-refractivity contribution in [1.29, 1.82) is 0 Å². The van der Waals surface area contributed by atoms with Gasteiger partial charge in [0, 0.05) is 48.2 Å². The van der Waals surface area contributed by atoms with Crippen molar-refractivity contribution in [2.24, 2.45) is 10.7 Å². The first-order chi connectivity index (χ1) is 16.1. The lowest BCUT2D eigenvalue weighted by atomic mass is 10.0. The van der Waals surface area contributed by atoms with Gasteiger partial charge in [0.05, 0.1) is 10.6 Å². The third-order valence-electron chi connectivity index (χ3n) is 5.33. The van der Waals surface area contributed by atoms with E-state index in [9.17, 15) is 18.0 Å². The molecule has 180 valence electrons. The van der Waals surface area contributed by atoms with E-state index < -0.39 is 15.7 Å². The number of nitrogens with one attached hydrogen (secondary N) is 1. The van der Waals surface area contributed by atoms with Crippen molar-refractivity contribution in [2.45, 2.75) is 38.0 Å². The third kappa shape index (κ3) is 6.11. The zero-order valence-corrected chi connectivity index (χ0v) is 20.5. The molecule has 3 N–H and O–H groups in total. The van der Waals surface area contributed by atoms with Gasteiger partial charge < -0.3 is 16.0 Å². The molecular weight excluding hydrogens is 452 g/mol. The molecule has 2 aromatic rings. The number of aliphatic imine (C=N–C) groups is 1. The molecule has 1 aliphatic rings. The number of fused-ring (bicyclic) bond motifs is 1. The summed E-state index contributed by atoms with van der Waals surface area (Å²) in [6.45, 7) is 5.42. The predicted molar refractivity (Wildman–Crippen MR) is 135 cm³/mol. The van der Waals surface area contributed by atoms with E-state index >= 15 is 0 Å². The molecule has 8 nitrogen and oxygen atoms in total. The van der Waals surface area contributed by atoms with Crippen LogP contribution in [0.5, 0.6) is 0 Å². The van der Waals surface area contributed by atoms with Gasteiger partial charge in [-0.25, -0.2) is 13.4 Å². The van der Waals surface area contributed by atoms with Gasteiger partial charge in [-0.1, -0.05) is 26.0 Å². The minimum absolute atomic E-state index is 0.0534. The first kappa shape index (κ1) is 25.2. The quantitative estimate of drug-likeness (QED) is 0.593. The van der Waals surface area contributed by atoms with Crippen LogP contribution in [-0.2, 0) is 14.6 Å². The molecule has 0 aliphatic carbocycles. The summed E-state index contributed by atoms with van der Waals surface area (Å²) in [7, 11) is -3.39. The second kappa shape index (κ2) is 10.6. The summed E-state index contributed by atoms with van der Waals surface area (Å²) in [6.07, 6.45) is 4.86. The molecule has 3 rings (SSSR count). The molecular formula is C25H30N4O4S. The first-order valence-corrected chi connectivity index (χ1v) is 13.1. The summed E-state index contributed by atoms with van der Waals surface area (Å²) in [5, 5.41) is 2.72. The molecule has 0 bridgehead atoms. The second-order valence-electron chi connectivity index (χ2n) is 8.27. The molecule has 0 radical (unpaired) electrons. The van der Waals surface area contributed by atoms with Crippen LogP contribution in [0.1, 0.15) is 49.0 Å². The molecule has 0 saturated heterocycles. The first-order valence-electron chi connectivity index (χ1n) is 11.2. The number of sulfone groups is 1. The normalized spacial score (nSPS) is 13.3. The summed E-state index contributed by atoms with van der Waals surface area (Å²) in [4.78, 5) is 32.3. The highest BCUT2D eigenvalue weighted by Gasteiger charge is 2.21. The Hall–Kier alpha value is -3.46. The van der Waals surface area contributed by atoms with Gasteiger partial charge in [-0.05, 0) is 49.2 Å². The Morgan fingerprint density at radius 3 is 2.44 bits per heavy atom. The minimum Gasteiger partial charge on any atom is -0.387 e. The van der Waals surface area contributed by atoms with Crippen LogP contribution < -0.4 is 11.1 Å². The van der Waals surface area contributed by atoms with Gasteiger partial charge in [0.1, 0.15) is 5.84 Å². The van der Waals surface area contributed by atoms with Crippen LogP contribution in [0.25, 0.3) is 6.08 Å². The summed E-state index contributed by atoms with van der Waals surface area (Å²) in [5.41, 5.74) is 8.58. The fourth-order valence-corrected chi connectivity index (χ4v) is 4.40. The van der Waals surface area contributed by atoms with Crippen molar-refractivity contribution >= 4 is 44.9 Å². The summed E-state index contributed by atoms with van der Waals surface area (Å²) < 4.78 is 23.6. The van der Waals surface area contributed by atoms with E-state index in [2.05, 4.69) is 10.3 Å². The zero-order valence-electron chi connectivity index (χ0n) is 19.7. The van der Waals surface area contributed by atoms with Crippen LogP contribution in [-0.4, -0.2) is 50.3 Å². The van der Waals surface area contributed by atoms with E-state index in [1.807, 2.05) is 18.7 Å². The van der Waals surface area contributed by atoms with Crippen LogP contribution >= 0.6 is 0 Å². The van der Waals surface area contributed by atoms with Gasteiger partial charge in [-0.3, -0.25) is 9.59 Å².